The third-order valence-electron chi connectivity index (χ3n) is 1.78. The molecule has 2 N–H and O–H groups in total. The molecule has 0 fully saturated rings. The van der Waals surface area contributed by atoms with Crippen LogP contribution in [0.25, 0.3) is 0 Å². The highest BCUT2D eigenvalue weighted by Gasteiger charge is 2.12. The van der Waals surface area contributed by atoms with Gasteiger partial charge in [0.05, 0.1) is 0 Å². The van der Waals surface area contributed by atoms with E-state index in [2.05, 4.69) is 0 Å². The predicted octanol–water partition coefficient (Wildman–Crippen LogP) is 1.49. The third kappa shape index (κ3) is 2.18. The molecule has 3 nitrogen and oxygen atoms in total. The Morgan fingerprint density at radius 2 is 2.08 bits per heavy atom. The summed E-state index contributed by atoms with van der Waals surface area (Å²) in [6.07, 6.45) is 0.693. The molecule has 0 heterocycles. The van der Waals surface area contributed by atoms with Crippen molar-refractivity contribution >= 4 is 15.9 Å². The molecule has 0 aromatic heterocycles. The molecule has 0 amide bonds. The van der Waals surface area contributed by atoms with Gasteiger partial charge in [-0.1, -0.05) is 13.0 Å². The zero-order valence-electron chi connectivity index (χ0n) is 7.12. The summed E-state index contributed by atoms with van der Waals surface area (Å²) in [5.74, 6) is 0. The van der Waals surface area contributed by atoms with Crippen molar-refractivity contribution in [2.24, 2.45) is 0 Å². The fourth-order valence-corrected chi connectivity index (χ4v) is 1.54. The van der Waals surface area contributed by atoms with Gasteiger partial charge in [-0.15, -0.1) is 3.89 Å². The number of nitrogens with two attached hydrogens (primary N) is 1. The number of hydrogen-bond acceptors (Lipinski definition) is 3. The van der Waals surface area contributed by atoms with Gasteiger partial charge < -0.3 is 5.73 Å². The summed E-state index contributed by atoms with van der Waals surface area (Å²) >= 11 is 0. The van der Waals surface area contributed by atoms with Crippen molar-refractivity contribution in [3.05, 3.63) is 23.8 Å². The predicted molar refractivity (Wildman–Crippen MR) is 48.5 cm³/mol. The summed E-state index contributed by atoms with van der Waals surface area (Å²) in [6, 6.07) is 3.86. The molecule has 1 rings (SSSR count). The second-order valence-corrected chi connectivity index (χ2v) is 4.00. The summed E-state index contributed by atoms with van der Waals surface area (Å²) in [5.41, 5.74) is 6.62. The summed E-state index contributed by atoms with van der Waals surface area (Å²) in [6.45, 7) is 1.88. The van der Waals surface area contributed by atoms with Crippen LogP contribution in [0.2, 0.25) is 0 Å². The molecule has 72 valence electrons. The maximum Gasteiger partial charge on any atom is 0.332 e. The lowest BCUT2D eigenvalue weighted by atomic mass is 10.1. The van der Waals surface area contributed by atoms with E-state index in [4.69, 9.17) is 5.73 Å². The van der Waals surface area contributed by atoms with Crippen LogP contribution in [0, 0.1) is 0 Å². The number of halogens is 1. The third-order valence-corrected chi connectivity index (χ3v) is 2.60. The molecule has 0 aliphatic rings. The minimum atomic E-state index is -4.63. The SMILES string of the molecule is CCc1ccc(S(=O)(=O)F)cc1N. The monoisotopic (exact) mass is 203 g/mol. The van der Waals surface area contributed by atoms with Crippen molar-refractivity contribution in [1.29, 1.82) is 0 Å². The first kappa shape index (κ1) is 9.98. The van der Waals surface area contributed by atoms with Crippen LogP contribution < -0.4 is 5.73 Å². The number of anilines is 1. The van der Waals surface area contributed by atoms with Gasteiger partial charge in [0.15, 0.2) is 0 Å². The molecule has 5 heteroatoms. The number of rotatable bonds is 2. The van der Waals surface area contributed by atoms with Crippen LogP contribution in [-0.2, 0) is 16.6 Å². The van der Waals surface area contributed by atoms with Gasteiger partial charge >= 0.3 is 10.2 Å². The van der Waals surface area contributed by atoms with E-state index in [1.165, 1.54) is 12.1 Å². The Hall–Kier alpha value is -1.10. The quantitative estimate of drug-likeness (QED) is 0.585. The van der Waals surface area contributed by atoms with Crippen molar-refractivity contribution < 1.29 is 12.3 Å². The molecule has 1 aromatic rings. The normalized spacial score (nSPS) is 11.5. The highest BCUT2D eigenvalue weighted by atomic mass is 32.3. The molecule has 0 bridgehead atoms. The molecule has 0 unspecified atom stereocenters. The van der Waals surface area contributed by atoms with E-state index < -0.39 is 10.2 Å². The minimum absolute atomic E-state index is 0.307. The molecule has 0 radical (unpaired) electrons. The smallest absolute Gasteiger partial charge is 0.332 e. The first-order valence-corrected chi connectivity index (χ1v) is 5.16. The van der Waals surface area contributed by atoms with Crippen LogP contribution in [0.1, 0.15) is 12.5 Å². The molecule has 13 heavy (non-hydrogen) atoms. The molecular formula is C8H10FNO2S. The van der Waals surface area contributed by atoms with Crippen molar-refractivity contribution in [3.8, 4) is 0 Å². The first-order chi connectivity index (χ1) is 5.95. The van der Waals surface area contributed by atoms with E-state index in [1.54, 1.807) is 0 Å². The topological polar surface area (TPSA) is 60.2 Å². The van der Waals surface area contributed by atoms with Crippen molar-refractivity contribution in [1.82, 2.24) is 0 Å². The van der Waals surface area contributed by atoms with Crippen LogP contribution in [0.5, 0.6) is 0 Å². The van der Waals surface area contributed by atoms with Gasteiger partial charge in [-0.2, -0.15) is 8.42 Å². The molecule has 0 saturated carbocycles. The van der Waals surface area contributed by atoms with E-state index in [-0.39, 0.29) is 4.90 Å². The van der Waals surface area contributed by atoms with Crippen LogP contribution in [-0.4, -0.2) is 8.42 Å². The maximum atomic E-state index is 12.5. The summed E-state index contributed by atoms with van der Waals surface area (Å²) in [5, 5.41) is 0. The van der Waals surface area contributed by atoms with E-state index in [0.29, 0.717) is 12.1 Å². The summed E-state index contributed by atoms with van der Waals surface area (Å²) in [4.78, 5) is -0.387. The highest BCUT2D eigenvalue weighted by molar-refractivity contribution is 7.86. The van der Waals surface area contributed by atoms with Gasteiger partial charge in [-0.25, -0.2) is 0 Å². The molecule has 0 aliphatic carbocycles. The Balaban J connectivity index is 3.26. The van der Waals surface area contributed by atoms with E-state index in [9.17, 15) is 12.3 Å². The van der Waals surface area contributed by atoms with Gasteiger partial charge in [0.25, 0.3) is 0 Å². The molecular weight excluding hydrogens is 193 g/mol. The van der Waals surface area contributed by atoms with Gasteiger partial charge in [-0.05, 0) is 24.1 Å². The van der Waals surface area contributed by atoms with Crippen LogP contribution in [0.4, 0.5) is 9.57 Å². The molecule has 1 aromatic carbocycles. The average molecular weight is 203 g/mol. The molecule has 0 aliphatic heterocycles. The number of aryl methyl sites for hydroxylation is 1. The summed E-state index contributed by atoms with van der Waals surface area (Å²) < 4.78 is 33.4. The lowest BCUT2D eigenvalue weighted by Crippen LogP contribution is -1.97. The lowest BCUT2D eigenvalue weighted by Gasteiger charge is -2.03. The van der Waals surface area contributed by atoms with E-state index in [1.807, 2.05) is 6.92 Å². The Labute approximate surface area is 76.6 Å². The Kier molecular flexibility index (Phi) is 2.56. The Bertz CT molecular complexity index is 414. The lowest BCUT2D eigenvalue weighted by molar-refractivity contribution is 0.552. The van der Waals surface area contributed by atoms with Gasteiger partial charge in [-0.3, -0.25) is 0 Å². The fraction of sp³-hybridized carbons (Fsp3) is 0.250. The van der Waals surface area contributed by atoms with Gasteiger partial charge in [0.1, 0.15) is 4.90 Å². The molecule has 0 atom stereocenters. The van der Waals surface area contributed by atoms with Crippen LogP contribution in [0.3, 0.4) is 0 Å². The number of benzene rings is 1. The summed E-state index contributed by atoms with van der Waals surface area (Å²) in [7, 11) is -4.63. The van der Waals surface area contributed by atoms with Gasteiger partial charge in [0, 0.05) is 5.69 Å². The van der Waals surface area contributed by atoms with Crippen LogP contribution in [0.15, 0.2) is 23.1 Å². The largest absolute Gasteiger partial charge is 0.398 e. The van der Waals surface area contributed by atoms with Crippen LogP contribution >= 0.6 is 0 Å². The number of hydrogen-bond donors (Lipinski definition) is 1. The standard InChI is InChI=1S/C8H10FNO2S/c1-2-6-3-4-7(5-8(6)10)13(9,11)12/h3-5H,2,10H2,1H3. The van der Waals surface area contributed by atoms with Crippen molar-refractivity contribution in [3.63, 3.8) is 0 Å². The highest BCUT2D eigenvalue weighted by Crippen LogP contribution is 2.19. The van der Waals surface area contributed by atoms with E-state index >= 15 is 0 Å². The van der Waals surface area contributed by atoms with Gasteiger partial charge in [0.2, 0.25) is 0 Å². The van der Waals surface area contributed by atoms with E-state index in [0.717, 1.165) is 11.6 Å². The Morgan fingerprint density at radius 1 is 1.46 bits per heavy atom. The zero-order valence-corrected chi connectivity index (χ0v) is 7.94. The molecule has 0 spiro atoms. The first-order valence-electron chi connectivity index (χ1n) is 3.78. The van der Waals surface area contributed by atoms with Crippen molar-refractivity contribution in [2.45, 2.75) is 18.2 Å². The average Bonchev–Trinajstić information content (AvgIpc) is 2.02. The second-order valence-electron chi connectivity index (χ2n) is 2.65. The number of nitrogen functional groups attached to an aromatic ring is 1. The van der Waals surface area contributed by atoms with Crippen molar-refractivity contribution in [2.75, 3.05) is 5.73 Å². The minimum Gasteiger partial charge on any atom is -0.398 e. The Morgan fingerprint density at radius 3 is 2.46 bits per heavy atom. The second kappa shape index (κ2) is 3.33. The zero-order chi connectivity index (χ0) is 10.1. The molecule has 0 saturated heterocycles. The fourth-order valence-electron chi connectivity index (χ4n) is 1.05. The maximum absolute atomic E-state index is 12.5.